The Morgan fingerprint density at radius 1 is 1.12 bits per heavy atom. The molecule has 0 saturated carbocycles. The average Bonchev–Trinajstić information content (AvgIpc) is 3.07. The molecule has 0 bridgehead atoms. The molecule has 0 unspecified atom stereocenters. The Balaban J connectivity index is 1.72. The van der Waals surface area contributed by atoms with E-state index in [1.807, 2.05) is 24.4 Å². The molecule has 10 heteroatoms. The number of anilines is 1. The van der Waals surface area contributed by atoms with Gasteiger partial charge in [-0.05, 0) is 57.0 Å². The number of rotatable bonds is 6. The molecule has 2 N–H and O–H groups in total. The van der Waals surface area contributed by atoms with Gasteiger partial charge in [0.15, 0.2) is 6.61 Å². The van der Waals surface area contributed by atoms with Crippen molar-refractivity contribution in [2.75, 3.05) is 10.9 Å². The Labute approximate surface area is 186 Å². The molecule has 3 amide bonds. The lowest BCUT2D eigenvalue weighted by Crippen LogP contribution is -2.44. The van der Waals surface area contributed by atoms with Crippen molar-refractivity contribution in [2.45, 2.75) is 44.2 Å². The SMILES string of the molecule is CC(C)NC(=O)NC(=O)COC(=O)c1cccc(S(=O)(=O)N2c3ccccc3C[C@H]2C)c1. The molecule has 1 heterocycles. The Morgan fingerprint density at radius 3 is 2.56 bits per heavy atom. The Morgan fingerprint density at radius 2 is 1.84 bits per heavy atom. The third-order valence-electron chi connectivity index (χ3n) is 4.78. The molecule has 170 valence electrons. The fourth-order valence-corrected chi connectivity index (χ4v) is 5.21. The normalized spacial score (nSPS) is 15.2. The van der Waals surface area contributed by atoms with Gasteiger partial charge in [-0.25, -0.2) is 18.0 Å². The quantitative estimate of drug-likeness (QED) is 0.639. The standard InChI is InChI=1S/C22H25N3O6S/c1-14(2)23-22(28)24-20(26)13-31-21(27)17-8-6-9-18(12-17)32(29,30)25-15(3)11-16-7-4-5-10-19(16)25/h4-10,12,14-15H,11,13H2,1-3H3,(H2,23,24,26,28)/t15-/m1/s1. The highest BCUT2D eigenvalue weighted by atomic mass is 32.2. The lowest BCUT2D eigenvalue weighted by atomic mass is 10.1. The molecule has 0 aliphatic carbocycles. The minimum absolute atomic E-state index is 0.0226. The summed E-state index contributed by atoms with van der Waals surface area (Å²) in [4.78, 5) is 35.6. The number of nitrogens with zero attached hydrogens (tertiary/aromatic N) is 1. The number of sulfonamides is 1. The van der Waals surface area contributed by atoms with Gasteiger partial charge in [-0.2, -0.15) is 0 Å². The summed E-state index contributed by atoms with van der Waals surface area (Å²) in [6, 6.07) is 11.6. The maximum Gasteiger partial charge on any atom is 0.338 e. The molecule has 3 rings (SSSR count). The van der Waals surface area contributed by atoms with Crippen LogP contribution < -0.4 is 14.9 Å². The zero-order chi connectivity index (χ0) is 23.5. The number of esters is 1. The van der Waals surface area contributed by atoms with Crippen molar-refractivity contribution in [1.29, 1.82) is 0 Å². The number of carbonyl (C=O) groups is 3. The van der Waals surface area contributed by atoms with Gasteiger partial charge in [0.05, 0.1) is 16.1 Å². The van der Waals surface area contributed by atoms with Crippen molar-refractivity contribution in [3.8, 4) is 0 Å². The first-order valence-corrected chi connectivity index (χ1v) is 11.5. The topological polar surface area (TPSA) is 122 Å². The zero-order valence-corrected chi connectivity index (χ0v) is 18.8. The van der Waals surface area contributed by atoms with E-state index in [1.165, 1.54) is 28.6 Å². The number of hydrogen-bond acceptors (Lipinski definition) is 6. The van der Waals surface area contributed by atoms with Crippen LogP contribution in [0.1, 0.15) is 36.7 Å². The van der Waals surface area contributed by atoms with E-state index in [0.29, 0.717) is 12.1 Å². The van der Waals surface area contributed by atoms with E-state index in [0.717, 1.165) is 5.56 Å². The van der Waals surface area contributed by atoms with E-state index in [9.17, 15) is 22.8 Å². The van der Waals surface area contributed by atoms with Crippen LogP contribution in [0.2, 0.25) is 0 Å². The van der Waals surface area contributed by atoms with Crippen LogP contribution >= 0.6 is 0 Å². The number of amides is 3. The van der Waals surface area contributed by atoms with Gasteiger partial charge in [-0.1, -0.05) is 24.3 Å². The van der Waals surface area contributed by atoms with Gasteiger partial charge in [-0.15, -0.1) is 0 Å². The van der Waals surface area contributed by atoms with Crippen LogP contribution in [0, 0.1) is 0 Å². The third-order valence-corrected chi connectivity index (χ3v) is 6.70. The molecule has 0 aromatic heterocycles. The van der Waals surface area contributed by atoms with Crippen LogP contribution in [0.25, 0.3) is 0 Å². The summed E-state index contributed by atoms with van der Waals surface area (Å²) in [6.45, 7) is 4.60. The molecular formula is C22H25N3O6S. The fraction of sp³-hybridized carbons (Fsp3) is 0.318. The number of hydrogen-bond donors (Lipinski definition) is 2. The molecule has 32 heavy (non-hydrogen) atoms. The number of imide groups is 1. The summed E-state index contributed by atoms with van der Waals surface area (Å²) in [5.74, 6) is -1.68. The molecule has 0 fully saturated rings. The van der Waals surface area contributed by atoms with E-state index in [1.54, 1.807) is 26.0 Å². The van der Waals surface area contributed by atoms with Crippen molar-refractivity contribution in [2.24, 2.45) is 0 Å². The van der Waals surface area contributed by atoms with E-state index in [2.05, 4.69) is 5.32 Å². The number of urea groups is 1. The average molecular weight is 460 g/mol. The third kappa shape index (κ3) is 5.08. The first-order valence-electron chi connectivity index (χ1n) is 10.1. The predicted molar refractivity (Wildman–Crippen MR) is 118 cm³/mol. The first-order chi connectivity index (χ1) is 15.1. The lowest BCUT2D eigenvalue weighted by molar-refractivity contribution is -0.123. The van der Waals surface area contributed by atoms with Crippen molar-refractivity contribution in [3.63, 3.8) is 0 Å². The molecule has 1 aliphatic rings. The first kappa shape index (κ1) is 23.3. The summed E-state index contributed by atoms with van der Waals surface area (Å²) < 4.78 is 32.9. The molecule has 1 aliphatic heterocycles. The van der Waals surface area contributed by atoms with Crippen LogP contribution in [-0.2, 0) is 26.0 Å². The molecule has 2 aromatic carbocycles. The maximum atomic E-state index is 13.3. The monoisotopic (exact) mass is 459 g/mol. The highest BCUT2D eigenvalue weighted by molar-refractivity contribution is 7.92. The van der Waals surface area contributed by atoms with Crippen molar-refractivity contribution in [1.82, 2.24) is 10.6 Å². The van der Waals surface area contributed by atoms with Crippen LogP contribution in [0.15, 0.2) is 53.4 Å². The molecule has 0 saturated heterocycles. The number of benzene rings is 2. The maximum absolute atomic E-state index is 13.3. The second-order valence-electron chi connectivity index (χ2n) is 7.76. The number of fused-ring (bicyclic) bond motifs is 1. The summed E-state index contributed by atoms with van der Waals surface area (Å²) in [5.41, 5.74) is 1.53. The Bertz CT molecular complexity index is 1150. The van der Waals surface area contributed by atoms with E-state index >= 15 is 0 Å². The van der Waals surface area contributed by atoms with Crippen LogP contribution in [0.4, 0.5) is 10.5 Å². The van der Waals surface area contributed by atoms with Crippen LogP contribution in [-0.4, -0.2) is 45.0 Å². The largest absolute Gasteiger partial charge is 0.452 e. The van der Waals surface area contributed by atoms with Gasteiger partial charge in [0.1, 0.15) is 0 Å². The van der Waals surface area contributed by atoms with Gasteiger partial charge in [0.25, 0.3) is 15.9 Å². The lowest BCUT2D eigenvalue weighted by Gasteiger charge is -2.24. The summed E-state index contributed by atoms with van der Waals surface area (Å²) in [7, 11) is -3.92. The van der Waals surface area contributed by atoms with Gasteiger partial charge >= 0.3 is 12.0 Å². The van der Waals surface area contributed by atoms with E-state index < -0.39 is 34.5 Å². The molecule has 1 atom stereocenters. The minimum Gasteiger partial charge on any atom is -0.452 e. The smallest absolute Gasteiger partial charge is 0.338 e. The van der Waals surface area contributed by atoms with Crippen molar-refractivity contribution in [3.05, 3.63) is 59.7 Å². The van der Waals surface area contributed by atoms with Crippen molar-refractivity contribution < 1.29 is 27.5 Å². The van der Waals surface area contributed by atoms with Crippen molar-refractivity contribution >= 4 is 33.6 Å². The van der Waals surface area contributed by atoms with E-state index in [4.69, 9.17) is 4.74 Å². The molecule has 0 radical (unpaired) electrons. The summed E-state index contributed by atoms with van der Waals surface area (Å²) in [5, 5.41) is 4.51. The number of ether oxygens (including phenoxy) is 1. The van der Waals surface area contributed by atoms with Crippen LogP contribution in [0.3, 0.4) is 0 Å². The highest BCUT2D eigenvalue weighted by Crippen LogP contribution is 2.36. The molecular weight excluding hydrogens is 434 g/mol. The highest BCUT2D eigenvalue weighted by Gasteiger charge is 2.36. The Hall–Kier alpha value is -3.40. The van der Waals surface area contributed by atoms with Gasteiger partial charge < -0.3 is 10.1 Å². The van der Waals surface area contributed by atoms with Crippen LogP contribution in [0.5, 0.6) is 0 Å². The summed E-state index contributed by atoms with van der Waals surface area (Å²) in [6.07, 6.45) is 0.594. The van der Waals surface area contributed by atoms with E-state index in [-0.39, 0.29) is 22.5 Å². The molecule has 9 nitrogen and oxygen atoms in total. The van der Waals surface area contributed by atoms with Gasteiger partial charge in [0, 0.05) is 12.1 Å². The fourth-order valence-electron chi connectivity index (χ4n) is 3.48. The Kier molecular flexibility index (Phi) is 6.83. The second kappa shape index (κ2) is 9.39. The summed E-state index contributed by atoms with van der Waals surface area (Å²) >= 11 is 0. The van der Waals surface area contributed by atoms with Gasteiger partial charge in [0.2, 0.25) is 0 Å². The van der Waals surface area contributed by atoms with Gasteiger partial charge in [-0.3, -0.25) is 14.4 Å². The second-order valence-corrected chi connectivity index (χ2v) is 9.58. The minimum atomic E-state index is -3.92. The molecule has 2 aromatic rings. The predicted octanol–water partition coefficient (Wildman–Crippen LogP) is 2.22. The molecule has 0 spiro atoms. The zero-order valence-electron chi connectivity index (χ0n) is 18.0. The number of nitrogens with one attached hydrogen (secondary N) is 2. The number of para-hydroxylation sites is 1. The number of carbonyl (C=O) groups excluding carboxylic acids is 3.